The normalized spacial score (nSPS) is 11.7. The van der Waals surface area contributed by atoms with Gasteiger partial charge in [-0.1, -0.05) is 24.8 Å². The molecule has 3 aromatic rings. The van der Waals surface area contributed by atoms with E-state index >= 15 is 0 Å². The van der Waals surface area contributed by atoms with Crippen molar-refractivity contribution >= 4 is 23.2 Å². The molecule has 2 heterocycles. The first-order valence-corrected chi connectivity index (χ1v) is 9.19. The molecular formula is C24H23NO4. The predicted octanol–water partition coefficient (Wildman–Crippen LogP) is 5.51. The van der Waals surface area contributed by atoms with Gasteiger partial charge in [0.15, 0.2) is 0 Å². The van der Waals surface area contributed by atoms with Crippen LogP contribution in [0.3, 0.4) is 0 Å². The number of carbonyl (C=O) groups is 1. The van der Waals surface area contributed by atoms with Gasteiger partial charge in [-0.25, -0.2) is 9.78 Å². The number of nitrogens with zero attached hydrogens (tertiary/aromatic N) is 1. The maximum Gasteiger partial charge on any atom is 0.354 e. The highest BCUT2D eigenvalue weighted by molar-refractivity contribution is 5.92. The first kappa shape index (κ1) is 20.1. The van der Waals surface area contributed by atoms with Crippen LogP contribution in [0.4, 0.5) is 0 Å². The molecule has 0 saturated carbocycles. The lowest BCUT2D eigenvalue weighted by Gasteiger charge is -2.16. The van der Waals surface area contributed by atoms with E-state index in [1.54, 1.807) is 19.3 Å². The first-order chi connectivity index (χ1) is 13.9. The topological polar surface area (TPSA) is 72.6 Å². The largest absolute Gasteiger partial charge is 0.497 e. The molecule has 0 atom stereocenters. The van der Waals surface area contributed by atoms with Crippen LogP contribution in [-0.2, 0) is 6.42 Å². The van der Waals surface area contributed by atoms with Crippen molar-refractivity contribution in [2.24, 2.45) is 0 Å². The molecule has 1 N–H and O–H groups in total. The Balaban J connectivity index is 2.17. The summed E-state index contributed by atoms with van der Waals surface area (Å²) in [5, 5.41) is 9.27. The molecule has 2 aromatic heterocycles. The Kier molecular flexibility index (Phi) is 5.98. The second kappa shape index (κ2) is 8.61. The molecule has 1 aromatic carbocycles. The number of furan rings is 1. The van der Waals surface area contributed by atoms with Crippen LogP contribution < -0.4 is 4.74 Å². The summed E-state index contributed by atoms with van der Waals surface area (Å²) in [4.78, 5) is 15.6. The molecular weight excluding hydrogens is 366 g/mol. The molecule has 0 radical (unpaired) electrons. The monoisotopic (exact) mass is 389 g/mol. The Labute approximate surface area is 170 Å². The number of benzene rings is 1. The molecule has 5 heteroatoms. The summed E-state index contributed by atoms with van der Waals surface area (Å²) in [5.74, 6) is 1.27. The third-order valence-corrected chi connectivity index (χ3v) is 4.75. The number of ether oxygens (including phenoxy) is 1. The van der Waals surface area contributed by atoms with E-state index in [2.05, 4.69) is 11.6 Å². The van der Waals surface area contributed by atoms with Crippen molar-refractivity contribution in [3.8, 4) is 5.75 Å². The van der Waals surface area contributed by atoms with Gasteiger partial charge < -0.3 is 14.3 Å². The molecule has 0 aliphatic heterocycles. The quantitative estimate of drug-likeness (QED) is 0.577. The van der Waals surface area contributed by atoms with Crippen LogP contribution >= 0.6 is 0 Å². The van der Waals surface area contributed by atoms with Gasteiger partial charge in [0.2, 0.25) is 0 Å². The standard InChI is InChI=1S/C24H23NO4/c1-5-17-13-19(28-4)10-11-20(17)21(16(3)23-12-9-15(2)29-23)14-18-7-6-8-22(25-18)24(26)27/h5-13H,1,14H2,2-4H3,(H,26,27)/b21-16+. The van der Waals surface area contributed by atoms with Crippen molar-refractivity contribution in [3.05, 3.63) is 89.1 Å². The Morgan fingerprint density at radius 3 is 2.66 bits per heavy atom. The molecule has 0 amide bonds. The van der Waals surface area contributed by atoms with Crippen LogP contribution in [0.1, 0.15) is 45.8 Å². The van der Waals surface area contributed by atoms with Gasteiger partial charge in [0.1, 0.15) is 23.0 Å². The number of aromatic nitrogens is 1. The summed E-state index contributed by atoms with van der Waals surface area (Å²) in [5.41, 5.74) is 4.49. The van der Waals surface area contributed by atoms with E-state index in [1.165, 1.54) is 6.07 Å². The van der Waals surface area contributed by atoms with Gasteiger partial charge in [0.25, 0.3) is 0 Å². The zero-order chi connectivity index (χ0) is 21.0. The number of hydrogen-bond donors (Lipinski definition) is 1. The fraction of sp³-hybridized carbons (Fsp3) is 0.167. The highest BCUT2D eigenvalue weighted by Gasteiger charge is 2.16. The molecule has 0 fully saturated rings. The van der Waals surface area contributed by atoms with Gasteiger partial charge in [-0.3, -0.25) is 0 Å². The lowest BCUT2D eigenvalue weighted by molar-refractivity contribution is 0.0690. The smallest absolute Gasteiger partial charge is 0.354 e. The fourth-order valence-corrected chi connectivity index (χ4v) is 3.20. The Morgan fingerprint density at radius 1 is 1.24 bits per heavy atom. The predicted molar refractivity (Wildman–Crippen MR) is 114 cm³/mol. The maximum absolute atomic E-state index is 11.3. The number of carboxylic acids is 1. The van der Waals surface area contributed by atoms with Crippen LogP contribution in [0.2, 0.25) is 0 Å². The average Bonchev–Trinajstić information content (AvgIpc) is 3.17. The minimum absolute atomic E-state index is 0.0204. The second-order valence-corrected chi connectivity index (χ2v) is 6.67. The molecule has 29 heavy (non-hydrogen) atoms. The number of aromatic carboxylic acids is 1. The SMILES string of the molecule is C=Cc1cc(OC)ccc1/C(Cc1cccc(C(=O)O)n1)=C(\C)c1ccc(C)o1. The van der Waals surface area contributed by atoms with Crippen molar-refractivity contribution in [1.29, 1.82) is 0 Å². The Hall–Kier alpha value is -3.60. The van der Waals surface area contributed by atoms with Gasteiger partial charge in [-0.05, 0) is 72.5 Å². The number of aryl methyl sites for hydroxylation is 1. The van der Waals surface area contributed by atoms with Crippen LogP contribution in [0.15, 0.2) is 59.5 Å². The number of allylic oxidation sites excluding steroid dienone is 2. The number of hydrogen-bond acceptors (Lipinski definition) is 4. The van der Waals surface area contributed by atoms with E-state index in [-0.39, 0.29) is 5.69 Å². The van der Waals surface area contributed by atoms with Crippen LogP contribution in [0.5, 0.6) is 5.75 Å². The molecule has 5 nitrogen and oxygen atoms in total. The molecule has 0 aliphatic carbocycles. The van der Waals surface area contributed by atoms with E-state index < -0.39 is 5.97 Å². The minimum Gasteiger partial charge on any atom is -0.497 e. The molecule has 3 rings (SSSR count). The van der Waals surface area contributed by atoms with Gasteiger partial charge in [-0.15, -0.1) is 0 Å². The molecule has 0 bridgehead atoms. The summed E-state index contributed by atoms with van der Waals surface area (Å²) in [7, 11) is 1.62. The molecule has 0 unspecified atom stereocenters. The van der Waals surface area contributed by atoms with Gasteiger partial charge >= 0.3 is 5.97 Å². The number of pyridine rings is 1. The van der Waals surface area contributed by atoms with Crippen molar-refractivity contribution in [3.63, 3.8) is 0 Å². The van der Waals surface area contributed by atoms with E-state index in [9.17, 15) is 9.90 Å². The summed E-state index contributed by atoms with van der Waals surface area (Å²) < 4.78 is 11.2. The third kappa shape index (κ3) is 4.46. The highest BCUT2D eigenvalue weighted by Crippen LogP contribution is 2.33. The zero-order valence-corrected chi connectivity index (χ0v) is 16.7. The van der Waals surface area contributed by atoms with Gasteiger partial charge in [0.05, 0.1) is 7.11 Å². The van der Waals surface area contributed by atoms with Crippen LogP contribution in [0, 0.1) is 6.92 Å². The van der Waals surface area contributed by atoms with Crippen LogP contribution in [0.25, 0.3) is 17.2 Å². The Morgan fingerprint density at radius 2 is 2.03 bits per heavy atom. The molecule has 148 valence electrons. The molecule has 0 spiro atoms. The lowest BCUT2D eigenvalue weighted by Crippen LogP contribution is -2.04. The van der Waals surface area contributed by atoms with Crippen molar-refractivity contribution in [1.82, 2.24) is 4.98 Å². The second-order valence-electron chi connectivity index (χ2n) is 6.67. The third-order valence-electron chi connectivity index (χ3n) is 4.75. The van der Waals surface area contributed by atoms with Crippen molar-refractivity contribution < 1.29 is 19.1 Å². The van der Waals surface area contributed by atoms with Crippen molar-refractivity contribution in [2.75, 3.05) is 7.11 Å². The van der Waals surface area contributed by atoms with Crippen molar-refractivity contribution in [2.45, 2.75) is 20.3 Å². The summed E-state index contributed by atoms with van der Waals surface area (Å²) in [6, 6.07) is 14.7. The average molecular weight is 389 g/mol. The molecule has 0 saturated heterocycles. The van der Waals surface area contributed by atoms with E-state index in [4.69, 9.17) is 9.15 Å². The zero-order valence-electron chi connectivity index (χ0n) is 16.7. The fourth-order valence-electron chi connectivity index (χ4n) is 3.20. The summed E-state index contributed by atoms with van der Waals surface area (Å²) in [6.07, 6.45) is 2.22. The minimum atomic E-state index is -1.05. The maximum atomic E-state index is 11.3. The van der Waals surface area contributed by atoms with Gasteiger partial charge in [-0.2, -0.15) is 0 Å². The molecule has 0 aliphatic rings. The number of methoxy groups -OCH3 is 1. The van der Waals surface area contributed by atoms with E-state index in [1.807, 2.05) is 50.2 Å². The van der Waals surface area contributed by atoms with E-state index in [0.717, 1.165) is 39.5 Å². The van der Waals surface area contributed by atoms with Gasteiger partial charge in [0, 0.05) is 12.1 Å². The summed E-state index contributed by atoms with van der Waals surface area (Å²) >= 11 is 0. The number of carboxylic acid groups (broad SMARTS) is 1. The lowest BCUT2D eigenvalue weighted by atomic mass is 9.91. The summed E-state index contributed by atoms with van der Waals surface area (Å²) in [6.45, 7) is 7.83. The van der Waals surface area contributed by atoms with Crippen LogP contribution in [-0.4, -0.2) is 23.2 Å². The highest BCUT2D eigenvalue weighted by atomic mass is 16.5. The first-order valence-electron chi connectivity index (χ1n) is 9.19. The van der Waals surface area contributed by atoms with E-state index in [0.29, 0.717) is 12.1 Å². The number of rotatable bonds is 7. The Bertz CT molecular complexity index is 1090.